The summed E-state index contributed by atoms with van der Waals surface area (Å²) in [5, 5.41) is 0. The van der Waals surface area contributed by atoms with Crippen molar-refractivity contribution in [3.8, 4) is 0 Å². The molecule has 1 saturated heterocycles. The molecule has 1 aliphatic heterocycles. The van der Waals surface area contributed by atoms with Crippen LogP contribution < -0.4 is 0 Å². The van der Waals surface area contributed by atoms with Crippen molar-refractivity contribution < 1.29 is 4.79 Å². The molecular formula is C15H21BrN2OS. The third kappa shape index (κ3) is 3.50. The van der Waals surface area contributed by atoms with Gasteiger partial charge in [0.25, 0.3) is 0 Å². The van der Waals surface area contributed by atoms with Gasteiger partial charge in [-0.3, -0.25) is 14.6 Å². The van der Waals surface area contributed by atoms with E-state index < -0.39 is 0 Å². The molecule has 1 aromatic heterocycles. The summed E-state index contributed by atoms with van der Waals surface area (Å²) in [6.45, 7) is 4.91. The van der Waals surface area contributed by atoms with Crippen molar-refractivity contribution in [2.45, 2.75) is 31.7 Å². The third-order valence-corrected chi connectivity index (χ3v) is 6.13. The summed E-state index contributed by atoms with van der Waals surface area (Å²) >= 11 is 4.95. The van der Waals surface area contributed by atoms with E-state index in [0.717, 1.165) is 40.9 Å². The molecule has 1 saturated carbocycles. The first-order valence-electron chi connectivity index (χ1n) is 7.47. The molecule has 2 aliphatic rings. The largest absolute Gasteiger partial charge is 0.298 e. The first-order chi connectivity index (χ1) is 9.72. The maximum Gasteiger partial charge on any atom is 0.186 e. The van der Waals surface area contributed by atoms with E-state index in [1.807, 2.05) is 12.1 Å². The van der Waals surface area contributed by atoms with Gasteiger partial charge in [0.2, 0.25) is 0 Å². The minimum Gasteiger partial charge on any atom is -0.298 e. The number of piperazine rings is 1. The SMILES string of the molecule is O=C(CN1CCN(C2CCCC2)CC1)c1ccc(Br)s1. The molecule has 0 aromatic carbocycles. The molecule has 3 nitrogen and oxygen atoms in total. The number of hydrogen-bond donors (Lipinski definition) is 0. The van der Waals surface area contributed by atoms with E-state index in [1.165, 1.54) is 37.0 Å². The van der Waals surface area contributed by atoms with E-state index in [4.69, 9.17) is 0 Å². The zero-order valence-corrected chi connectivity index (χ0v) is 14.1. The Morgan fingerprint density at radius 1 is 1.20 bits per heavy atom. The lowest BCUT2D eigenvalue weighted by atomic mass is 10.1. The molecule has 1 aromatic rings. The Balaban J connectivity index is 1.47. The highest BCUT2D eigenvalue weighted by atomic mass is 79.9. The van der Waals surface area contributed by atoms with Crippen molar-refractivity contribution >= 4 is 33.0 Å². The smallest absolute Gasteiger partial charge is 0.186 e. The van der Waals surface area contributed by atoms with Crippen LogP contribution in [0.3, 0.4) is 0 Å². The minimum atomic E-state index is 0.259. The molecular weight excluding hydrogens is 336 g/mol. The van der Waals surface area contributed by atoms with Gasteiger partial charge in [0.05, 0.1) is 15.2 Å². The Morgan fingerprint density at radius 3 is 2.50 bits per heavy atom. The van der Waals surface area contributed by atoms with Crippen LogP contribution in [0.15, 0.2) is 15.9 Å². The lowest BCUT2D eigenvalue weighted by molar-refractivity contribution is 0.0778. The fraction of sp³-hybridized carbons (Fsp3) is 0.667. The van der Waals surface area contributed by atoms with Crippen molar-refractivity contribution in [2.24, 2.45) is 0 Å². The maximum absolute atomic E-state index is 12.2. The molecule has 20 heavy (non-hydrogen) atoms. The molecule has 0 atom stereocenters. The van der Waals surface area contributed by atoms with Crippen molar-refractivity contribution in [1.82, 2.24) is 9.80 Å². The standard InChI is InChI=1S/C15H21BrN2OS/c16-15-6-5-14(20-15)13(19)11-17-7-9-18(10-8-17)12-3-1-2-4-12/h5-6,12H,1-4,7-11H2. The highest BCUT2D eigenvalue weighted by Crippen LogP contribution is 2.25. The van der Waals surface area contributed by atoms with Gasteiger partial charge in [0, 0.05) is 32.2 Å². The summed E-state index contributed by atoms with van der Waals surface area (Å²) < 4.78 is 1.03. The number of halogens is 1. The van der Waals surface area contributed by atoms with Crippen LogP contribution in [0, 0.1) is 0 Å². The lowest BCUT2D eigenvalue weighted by Crippen LogP contribution is -2.50. The fourth-order valence-electron chi connectivity index (χ4n) is 3.30. The van der Waals surface area contributed by atoms with Gasteiger partial charge >= 0.3 is 0 Å². The van der Waals surface area contributed by atoms with Crippen molar-refractivity contribution in [1.29, 1.82) is 0 Å². The van der Waals surface area contributed by atoms with Crippen LogP contribution in [0.25, 0.3) is 0 Å². The fourth-order valence-corrected chi connectivity index (χ4v) is 4.62. The average molecular weight is 357 g/mol. The number of nitrogens with zero attached hydrogens (tertiary/aromatic N) is 2. The molecule has 0 amide bonds. The molecule has 0 spiro atoms. The number of thiophene rings is 1. The number of rotatable bonds is 4. The van der Waals surface area contributed by atoms with E-state index in [1.54, 1.807) is 0 Å². The zero-order chi connectivity index (χ0) is 13.9. The molecule has 0 unspecified atom stereocenters. The van der Waals surface area contributed by atoms with Crippen LogP contribution >= 0.6 is 27.3 Å². The predicted molar refractivity (Wildman–Crippen MR) is 86.6 cm³/mol. The van der Waals surface area contributed by atoms with E-state index in [-0.39, 0.29) is 5.78 Å². The van der Waals surface area contributed by atoms with Crippen LogP contribution in [0.1, 0.15) is 35.4 Å². The maximum atomic E-state index is 12.2. The molecule has 0 N–H and O–H groups in total. The summed E-state index contributed by atoms with van der Waals surface area (Å²) in [4.78, 5) is 18.0. The number of carbonyl (C=O) groups excluding carboxylic acids is 1. The molecule has 3 rings (SSSR count). The summed E-state index contributed by atoms with van der Waals surface area (Å²) in [6, 6.07) is 4.70. The van der Waals surface area contributed by atoms with Gasteiger partial charge in [-0.1, -0.05) is 12.8 Å². The second-order valence-electron chi connectivity index (χ2n) is 5.78. The van der Waals surface area contributed by atoms with Crippen molar-refractivity contribution in [3.63, 3.8) is 0 Å². The monoisotopic (exact) mass is 356 g/mol. The number of carbonyl (C=O) groups is 1. The average Bonchev–Trinajstić information content (AvgIpc) is 3.10. The van der Waals surface area contributed by atoms with E-state index >= 15 is 0 Å². The van der Waals surface area contributed by atoms with E-state index in [2.05, 4.69) is 25.7 Å². The summed E-state index contributed by atoms with van der Waals surface area (Å²) in [5.74, 6) is 0.259. The Kier molecular flexibility index (Phi) is 4.91. The van der Waals surface area contributed by atoms with Crippen molar-refractivity contribution in [3.05, 3.63) is 20.8 Å². The summed E-state index contributed by atoms with van der Waals surface area (Å²) in [6.07, 6.45) is 5.55. The van der Waals surface area contributed by atoms with Gasteiger partial charge in [0.15, 0.2) is 5.78 Å². The Labute approximate surface area is 133 Å². The second-order valence-corrected chi connectivity index (χ2v) is 8.24. The van der Waals surface area contributed by atoms with E-state index in [9.17, 15) is 4.79 Å². The Morgan fingerprint density at radius 2 is 1.90 bits per heavy atom. The first kappa shape index (κ1) is 14.7. The Hall–Kier alpha value is -0.230. The van der Waals surface area contributed by atoms with Crippen LogP contribution in [0.4, 0.5) is 0 Å². The van der Waals surface area contributed by atoms with Crippen LogP contribution in [-0.4, -0.2) is 54.3 Å². The quantitative estimate of drug-likeness (QED) is 0.773. The highest BCUT2D eigenvalue weighted by Gasteiger charge is 2.26. The molecule has 2 fully saturated rings. The van der Waals surface area contributed by atoms with Gasteiger partial charge in [-0.15, -0.1) is 11.3 Å². The molecule has 2 heterocycles. The minimum absolute atomic E-state index is 0.259. The molecule has 110 valence electrons. The van der Waals surface area contributed by atoms with Gasteiger partial charge in [0.1, 0.15) is 0 Å². The number of ketones is 1. The molecule has 0 bridgehead atoms. The second kappa shape index (κ2) is 6.69. The zero-order valence-electron chi connectivity index (χ0n) is 11.7. The molecule has 1 aliphatic carbocycles. The van der Waals surface area contributed by atoms with Gasteiger partial charge in [-0.05, 0) is 40.9 Å². The van der Waals surface area contributed by atoms with Crippen molar-refractivity contribution in [2.75, 3.05) is 32.7 Å². The summed E-state index contributed by atoms with van der Waals surface area (Å²) in [5.41, 5.74) is 0. The lowest BCUT2D eigenvalue weighted by Gasteiger charge is -2.37. The van der Waals surface area contributed by atoms with Gasteiger partial charge in [-0.2, -0.15) is 0 Å². The van der Waals surface area contributed by atoms with Gasteiger partial charge < -0.3 is 0 Å². The Bertz CT molecular complexity index is 462. The van der Waals surface area contributed by atoms with Crippen LogP contribution in [0.2, 0.25) is 0 Å². The normalized spacial score (nSPS) is 22.4. The van der Waals surface area contributed by atoms with Crippen LogP contribution in [0.5, 0.6) is 0 Å². The predicted octanol–water partition coefficient (Wildman–Crippen LogP) is 3.25. The number of Topliss-reactive ketones (excluding diaryl/α,β-unsaturated/α-hetero) is 1. The molecule has 0 radical (unpaired) electrons. The van der Waals surface area contributed by atoms with E-state index in [0.29, 0.717) is 6.54 Å². The topological polar surface area (TPSA) is 23.6 Å². The first-order valence-corrected chi connectivity index (χ1v) is 9.08. The van der Waals surface area contributed by atoms with Crippen LogP contribution in [-0.2, 0) is 0 Å². The third-order valence-electron chi connectivity index (χ3n) is 4.46. The molecule has 5 heteroatoms. The van der Waals surface area contributed by atoms with Gasteiger partial charge in [-0.25, -0.2) is 0 Å². The number of hydrogen-bond acceptors (Lipinski definition) is 4. The summed E-state index contributed by atoms with van der Waals surface area (Å²) in [7, 11) is 0. The highest BCUT2D eigenvalue weighted by molar-refractivity contribution is 9.11.